The van der Waals surface area contributed by atoms with Crippen molar-refractivity contribution in [1.82, 2.24) is 4.90 Å². The van der Waals surface area contributed by atoms with Crippen LogP contribution in [0.15, 0.2) is 0 Å². The molecule has 0 saturated heterocycles. The lowest BCUT2D eigenvalue weighted by Gasteiger charge is -2.35. The first kappa shape index (κ1) is 12.9. The van der Waals surface area contributed by atoms with Gasteiger partial charge < -0.3 is 10.8 Å². The van der Waals surface area contributed by atoms with E-state index in [1.54, 1.807) is 0 Å². The normalized spacial score (nSPS) is 22.2. The van der Waals surface area contributed by atoms with Gasteiger partial charge in [0.25, 0.3) is 0 Å². The van der Waals surface area contributed by atoms with Gasteiger partial charge in [0.2, 0.25) is 0 Å². The van der Waals surface area contributed by atoms with E-state index in [2.05, 4.69) is 18.9 Å². The van der Waals surface area contributed by atoms with Crippen molar-refractivity contribution in [2.75, 3.05) is 13.7 Å². The first-order valence-corrected chi connectivity index (χ1v) is 6.29. The molecule has 0 aliphatic heterocycles. The highest BCUT2D eigenvalue weighted by Crippen LogP contribution is 2.24. The molecule has 0 bridgehead atoms. The number of aliphatic hydroxyl groups is 1. The average Bonchev–Trinajstić information content (AvgIpc) is 2.71. The van der Waals surface area contributed by atoms with Crippen LogP contribution in [0.25, 0.3) is 0 Å². The molecule has 1 aliphatic carbocycles. The lowest BCUT2D eigenvalue weighted by atomic mass is 10.0. The zero-order valence-corrected chi connectivity index (χ0v) is 10.2. The van der Waals surface area contributed by atoms with E-state index in [0.29, 0.717) is 6.04 Å². The minimum atomic E-state index is 0.116. The van der Waals surface area contributed by atoms with Crippen LogP contribution in [0.2, 0.25) is 0 Å². The summed E-state index contributed by atoms with van der Waals surface area (Å²) in [5.41, 5.74) is 6.11. The van der Waals surface area contributed by atoms with Crippen molar-refractivity contribution < 1.29 is 5.11 Å². The second-order valence-electron chi connectivity index (χ2n) is 4.81. The predicted molar refractivity (Wildman–Crippen MR) is 63.8 cm³/mol. The van der Waals surface area contributed by atoms with Gasteiger partial charge >= 0.3 is 0 Å². The molecule has 0 radical (unpaired) electrons. The first-order chi connectivity index (χ1) is 7.20. The van der Waals surface area contributed by atoms with E-state index in [9.17, 15) is 5.11 Å². The Morgan fingerprint density at radius 2 is 2.00 bits per heavy atom. The Bertz CT molecular complexity index is 169. The van der Waals surface area contributed by atoms with E-state index in [1.807, 2.05) is 0 Å². The quantitative estimate of drug-likeness (QED) is 0.701. The molecular formula is C12H26N2O. The number of rotatable bonds is 6. The summed E-state index contributed by atoms with van der Waals surface area (Å²) in [5, 5.41) is 9.43. The third-order valence-corrected chi connectivity index (χ3v) is 3.73. The summed E-state index contributed by atoms with van der Waals surface area (Å²) in [5.74, 6) is 0. The zero-order valence-electron chi connectivity index (χ0n) is 10.2. The molecule has 3 N–H and O–H groups in total. The molecule has 0 spiro atoms. The summed E-state index contributed by atoms with van der Waals surface area (Å²) < 4.78 is 0. The Hall–Kier alpha value is -0.120. The van der Waals surface area contributed by atoms with Gasteiger partial charge in [-0.2, -0.15) is 0 Å². The molecule has 0 heterocycles. The Morgan fingerprint density at radius 1 is 1.40 bits per heavy atom. The molecule has 15 heavy (non-hydrogen) atoms. The summed E-state index contributed by atoms with van der Waals surface area (Å²) in [4.78, 5) is 2.31. The van der Waals surface area contributed by atoms with Crippen molar-refractivity contribution in [3.05, 3.63) is 0 Å². The lowest BCUT2D eigenvalue weighted by molar-refractivity contribution is 0.0901. The summed E-state index contributed by atoms with van der Waals surface area (Å²) in [6, 6.07) is 0.906. The molecule has 1 rings (SSSR count). The Labute approximate surface area is 93.6 Å². The third kappa shape index (κ3) is 3.44. The maximum Gasteiger partial charge on any atom is 0.0601 e. The number of aliphatic hydroxyl groups excluding tert-OH is 1. The van der Waals surface area contributed by atoms with Crippen LogP contribution in [0, 0.1) is 0 Å². The molecule has 1 fully saturated rings. The maximum absolute atomic E-state index is 9.43. The van der Waals surface area contributed by atoms with Gasteiger partial charge in [0.1, 0.15) is 0 Å². The van der Waals surface area contributed by atoms with Gasteiger partial charge in [0.05, 0.1) is 6.61 Å². The fourth-order valence-corrected chi connectivity index (χ4v) is 2.67. The molecule has 3 nitrogen and oxygen atoms in total. The standard InChI is InChI=1S/C12H26N2O/c1-3-6-11(13)12(9-15)14(2)10-7-4-5-8-10/h10-12,15H,3-9,13H2,1-2H3. The van der Waals surface area contributed by atoms with Crippen molar-refractivity contribution in [3.8, 4) is 0 Å². The maximum atomic E-state index is 9.43. The van der Waals surface area contributed by atoms with Gasteiger partial charge in [-0.25, -0.2) is 0 Å². The molecule has 0 amide bonds. The molecule has 0 aromatic rings. The first-order valence-electron chi connectivity index (χ1n) is 6.29. The molecular weight excluding hydrogens is 188 g/mol. The van der Waals surface area contributed by atoms with Crippen LogP contribution in [0.5, 0.6) is 0 Å². The highest BCUT2D eigenvalue weighted by atomic mass is 16.3. The Morgan fingerprint density at radius 3 is 2.47 bits per heavy atom. The van der Waals surface area contributed by atoms with Crippen LogP contribution < -0.4 is 5.73 Å². The van der Waals surface area contributed by atoms with Crippen molar-refractivity contribution in [3.63, 3.8) is 0 Å². The largest absolute Gasteiger partial charge is 0.395 e. The molecule has 2 unspecified atom stereocenters. The average molecular weight is 214 g/mol. The fourth-order valence-electron chi connectivity index (χ4n) is 2.67. The van der Waals surface area contributed by atoms with Crippen LogP contribution in [0.1, 0.15) is 45.4 Å². The monoisotopic (exact) mass is 214 g/mol. The predicted octanol–water partition coefficient (Wildman–Crippen LogP) is 1.35. The molecule has 0 aromatic heterocycles. The SMILES string of the molecule is CCCC(N)C(CO)N(C)C1CCCC1. The van der Waals surface area contributed by atoms with Crippen LogP contribution in [-0.4, -0.2) is 41.8 Å². The lowest BCUT2D eigenvalue weighted by Crippen LogP contribution is -2.51. The third-order valence-electron chi connectivity index (χ3n) is 3.73. The number of hydrogen-bond acceptors (Lipinski definition) is 3. The van der Waals surface area contributed by atoms with Crippen molar-refractivity contribution >= 4 is 0 Å². The van der Waals surface area contributed by atoms with E-state index in [4.69, 9.17) is 5.73 Å². The Balaban J connectivity index is 2.48. The van der Waals surface area contributed by atoms with Crippen molar-refractivity contribution in [1.29, 1.82) is 0 Å². The topological polar surface area (TPSA) is 49.5 Å². The highest BCUT2D eigenvalue weighted by molar-refractivity contribution is 4.86. The summed E-state index contributed by atoms with van der Waals surface area (Å²) in [7, 11) is 2.12. The molecule has 3 heteroatoms. The van der Waals surface area contributed by atoms with Gasteiger partial charge in [0.15, 0.2) is 0 Å². The minimum Gasteiger partial charge on any atom is -0.395 e. The second-order valence-corrected chi connectivity index (χ2v) is 4.81. The van der Waals surface area contributed by atoms with Crippen molar-refractivity contribution in [2.24, 2.45) is 5.73 Å². The van der Waals surface area contributed by atoms with Gasteiger partial charge in [-0.1, -0.05) is 26.2 Å². The Kier molecular flexibility index (Phi) is 5.58. The fraction of sp³-hybridized carbons (Fsp3) is 1.00. The smallest absolute Gasteiger partial charge is 0.0601 e. The summed E-state index contributed by atoms with van der Waals surface area (Å²) >= 11 is 0. The minimum absolute atomic E-state index is 0.116. The van der Waals surface area contributed by atoms with E-state index in [1.165, 1.54) is 25.7 Å². The second kappa shape index (κ2) is 6.46. The van der Waals surface area contributed by atoms with E-state index < -0.39 is 0 Å². The van der Waals surface area contributed by atoms with Crippen LogP contribution in [0.3, 0.4) is 0 Å². The number of nitrogens with zero attached hydrogens (tertiary/aromatic N) is 1. The van der Waals surface area contributed by atoms with Gasteiger partial charge in [-0.05, 0) is 26.3 Å². The number of likely N-dealkylation sites (N-methyl/N-ethyl adjacent to an activating group) is 1. The van der Waals surface area contributed by atoms with E-state index in [-0.39, 0.29) is 18.7 Å². The van der Waals surface area contributed by atoms with E-state index in [0.717, 1.165) is 12.8 Å². The summed E-state index contributed by atoms with van der Waals surface area (Å²) in [6.45, 7) is 2.33. The molecule has 0 aromatic carbocycles. The van der Waals surface area contributed by atoms with Crippen molar-refractivity contribution in [2.45, 2.75) is 63.6 Å². The number of hydrogen-bond donors (Lipinski definition) is 2. The zero-order chi connectivity index (χ0) is 11.3. The van der Waals surface area contributed by atoms with Crippen LogP contribution in [0.4, 0.5) is 0 Å². The highest BCUT2D eigenvalue weighted by Gasteiger charge is 2.28. The van der Waals surface area contributed by atoms with Gasteiger partial charge in [-0.15, -0.1) is 0 Å². The van der Waals surface area contributed by atoms with E-state index >= 15 is 0 Å². The number of nitrogens with two attached hydrogens (primary N) is 1. The van der Waals surface area contributed by atoms with Gasteiger partial charge in [-0.3, -0.25) is 4.90 Å². The van der Waals surface area contributed by atoms with Crippen LogP contribution in [-0.2, 0) is 0 Å². The molecule has 1 saturated carbocycles. The van der Waals surface area contributed by atoms with Crippen LogP contribution >= 0.6 is 0 Å². The van der Waals surface area contributed by atoms with Gasteiger partial charge in [0, 0.05) is 18.1 Å². The molecule has 90 valence electrons. The molecule has 2 atom stereocenters. The summed E-state index contributed by atoms with van der Waals surface area (Å²) in [6.07, 6.45) is 7.29. The molecule has 1 aliphatic rings.